The summed E-state index contributed by atoms with van der Waals surface area (Å²) in [5, 5.41) is 12.3. The first kappa shape index (κ1) is 15.8. The van der Waals surface area contributed by atoms with Gasteiger partial charge in [0.25, 0.3) is 0 Å². The van der Waals surface area contributed by atoms with Crippen LogP contribution in [0.15, 0.2) is 35.5 Å². The Balaban J connectivity index is 2.13. The summed E-state index contributed by atoms with van der Waals surface area (Å²) in [6, 6.07) is 10.0. The Bertz CT molecular complexity index is 486. The lowest BCUT2D eigenvalue weighted by molar-refractivity contribution is 0.0394. The monoisotopic (exact) mass is 290 g/mol. The number of amidine groups is 1. The molecule has 5 heteroatoms. The second-order valence-electron chi connectivity index (χ2n) is 6.46. The van der Waals surface area contributed by atoms with E-state index in [2.05, 4.69) is 35.9 Å². The van der Waals surface area contributed by atoms with E-state index < -0.39 is 0 Å². The van der Waals surface area contributed by atoms with Crippen LogP contribution < -0.4 is 5.73 Å². The number of oxime groups is 1. The first-order chi connectivity index (χ1) is 9.94. The van der Waals surface area contributed by atoms with Gasteiger partial charge in [-0.05, 0) is 26.5 Å². The normalized spacial score (nSPS) is 22.1. The molecular formula is C16H26N4O. The van der Waals surface area contributed by atoms with Crippen molar-refractivity contribution in [3.63, 3.8) is 0 Å². The van der Waals surface area contributed by atoms with Crippen LogP contribution in [0.25, 0.3) is 0 Å². The summed E-state index contributed by atoms with van der Waals surface area (Å²) >= 11 is 0. The second-order valence-corrected chi connectivity index (χ2v) is 6.46. The lowest BCUT2D eigenvalue weighted by Crippen LogP contribution is -2.58. The van der Waals surface area contributed by atoms with E-state index in [-0.39, 0.29) is 17.3 Å². The topological polar surface area (TPSA) is 65.1 Å². The van der Waals surface area contributed by atoms with Crippen LogP contribution >= 0.6 is 0 Å². The van der Waals surface area contributed by atoms with E-state index in [0.29, 0.717) is 0 Å². The zero-order chi connectivity index (χ0) is 15.5. The molecule has 1 aromatic rings. The van der Waals surface area contributed by atoms with Crippen molar-refractivity contribution >= 4 is 5.84 Å². The van der Waals surface area contributed by atoms with Crippen LogP contribution in [0.5, 0.6) is 0 Å². The molecule has 0 radical (unpaired) electrons. The van der Waals surface area contributed by atoms with Gasteiger partial charge in [-0.1, -0.05) is 35.5 Å². The van der Waals surface area contributed by atoms with Crippen LogP contribution in [0, 0.1) is 0 Å². The van der Waals surface area contributed by atoms with Crippen LogP contribution in [0.4, 0.5) is 0 Å². The quantitative estimate of drug-likeness (QED) is 0.382. The van der Waals surface area contributed by atoms with Gasteiger partial charge in [-0.2, -0.15) is 0 Å². The van der Waals surface area contributed by atoms with Crippen LogP contribution in [0.3, 0.4) is 0 Å². The van der Waals surface area contributed by atoms with Crippen molar-refractivity contribution in [1.29, 1.82) is 0 Å². The molecule has 1 aromatic carbocycles. The fourth-order valence-corrected chi connectivity index (χ4v) is 2.88. The Morgan fingerprint density at radius 2 is 2.00 bits per heavy atom. The molecule has 0 spiro atoms. The molecule has 0 bridgehead atoms. The summed E-state index contributed by atoms with van der Waals surface area (Å²) in [7, 11) is 2.16. The van der Waals surface area contributed by atoms with Gasteiger partial charge >= 0.3 is 0 Å². The van der Waals surface area contributed by atoms with Gasteiger partial charge in [-0.25, -0.2) is 0 Å². The predicted molar refractivity (Wildman–Crippen MR) is 85.7 cm³/mol. The average Bonchev–Trinajstić information content (AvgIpc) is 2.48. The maximum Gasteiger partial charge on any atom is 0.147 e. The maximum absolute atomic E-state index is 9.08. The Hall–Kier alpha value is -1.59. The highest BCUT2D eigenvalue weighted by molar-refractivity contribution is 5.87. The van der Waals surface area contributed by atoms with Crippen molar-refractivity contribution in [3.05, 3.63) is 35.9 Å². The Morgan fingerprint density at radius 3 is 2.57 bits per heavy atom. The molecule has 0 aliphatic carbocycles. The second kappa shape index (κ2) is 6.45. The van der Waals surface area contributed by atoms with Crippen LogP contribution in [0.1, 0.15) is 25.3 Å². The third-order valence-electron chi connectivity index (χ3n) is 4.51. The van der Waals surface area contributed by atoms with Gasteiger partial charge in [0.1, 0.15) is 5.84 Å². The minimum atomic E-state index is -0.0737. The minimum absolute atomic E-state index is 0.0737. The highest BCUT2D eigenvalue weighted by Crippen LogP contribution is 2.23. The fourth-order valence-electron chi connectivity index (χ4n) is 2.88. The first-order valence-electron chi connectivity index (χ1n) is 7.40. The Morgan fingerprint density at radius 1 is 1.33 bits per heavy atom. The smallest absolute Gasteiger partial charge is 0.147 e. The predicted octanol–water partition coefficient (Wildman–Crippen LogP) is 1.54. The van der Waals surface area contributed by atoms with Crippen molar-refractivity contribution in [2.24, 2.45) is 10.9 Å². The van der Waals surface area contributed by atoms with Gasteiger partial charge in [-0.3, -0.25) is 9.80 Å². The van der Waals surface area contributed by atoms with E-state index in [9.17, 15) is 0 Å². The molecule has 21 heavy (non-hydrogen) atoms. The van der Waals surface area contributed by atoms with E-state index in [1.54, 1.807) is 0 Å². The van der Waals surface area contributed by atoms with E-state index in [1.165, 1.54) is 0 Å². The SMILES string of the molecule is CN1CCN(CC(C(N)=NO)c2ccccc2)CC1(C)C. The van der Waals surface area contributed by atoms with Gasteiger partial charge in [0.2, 0.25) is 0 Å². The molecule has 1 atom stereocenters. The molecule has 0 saturated carbocycles. The summed E-state index contributed by atoms with van der Waals surface area (Å²) in [5.74, 6) is 0.202. The van der Waals surface area contributed by atoms with E-state index >= 15 is 0 Å². The summed E-state index contributed by atoms with van der Waals surface area (Å²) in [6.07, 6.45) is 0. The summed E-state index contributed by atoms with van der Waals surface area (Å²) < 4.78 is 0. The third-order valence-corrected chi connectivity index (χ3v) is 4.51. The largest absolute Gasteiger partial charge is 0.409 e. The fraction of sp³-hybridized carbons (Fsp3) is 0.562. The number of nitrogens with zero attached hydrogens (tertiary/aromatic N) is 3. The molecule has 1 aliphatic heterocycles. The minimum Gasteiger partial charge on any atom is -0.409 e. The highest BCUT2D eigenvalue weighted by atomic mass is 16.4. The van der Waals surface area contributed by atoms with Crippen molar-refractivity contribution in [2.75, 3.05) is 33.2 Å². The molecule has 116 valence electrons. The molecule has 1 fully saturated rings. The number of benzene rings is 1. The van der Waals surface area contributed by atoms with Gasteiger partial charge in [-0.15, -0.1) is 0 Å². The molecule has 1 heterocycles. The molecule has 3 N–H and O–H groups in total. The Kier molecular flexibility index (Phi) is 4.85. The van der Waals surface area contributed by atoms with Crippen molar-refractivity contribution < 1.29 is 5.21 Å². The van der Waals surface area contributed by atoms with E-state index in [4.69, 9.17) is 10.9 Å². The van der Waals surface area contributed by atoms with E-state index in [0.717, 1.165) is 31.7 Å². The molecule has 1 aliphatic rings. The van der Waals surface area contributed by atoms with Gasteiger partial charge < -0.3 is 10.9 Å². The number of hydrogen-bond donors (Lipinski definition) is 2. The number of nitrogens with two attached hydrogens (primary N) is 1. The average molecular weight is 290 g/mol. The van der Waals surface area contributed by atoms with Crippen LogP contribution in [0.2, 0.25) is 0 Å². The van der Waals surface area contributed by atoms with Crippen molar-refractivity contribution in [2.45, 2.75) is 25.3 Å². The molecule has 5 nitrogen and oxygen atoms in total. The van der Waals surface area contributed by atoms with Crippen molar-refractivity contribution in [3.8, 4) is 0 Å². The number of piperazine rings is 1. The zero-order valence-electron chi connectivity index (χ0n) is 13.2. The number of likely N-dealkylation sites (N-methyl/N-ethyl adjacent to an activating group) is 1. The van der Waals surface area contributed by atoms with Crippen molar-refractivity contribution in [1.82, 2.24) is 9.80 Å². The molecule has 1 saturated heterocycles. The molecule has 1 unspecified atom stereocenters. The summed E-state index contributed by atoms with van der Waals surface area (Å²) in [4.78, 5) is 4.78. The maximum atomic E-state index is 9.08. The van der Waals surface area contributed by atoms with Gasteiger partial charge in [0.15, 0.2) is 0 Å². The van der Waals surface area contributed by atoms with Gasteiger partial charge in [0, 0.05) is 31.7 Å². The molecule has 0 amide bonds. The Labute approximate surface area is 127 Å². The number of hydrogen-bond acceptors (Lipinski definition) is 4. The molecule has 2 rings (SSSR count). The lowest BCUT2D eigenvalue weighted by Gasteiger charge is -2.46. The summed E-state index contributed by atoms with van der Waals surface area (Å²) in [5.41, 5.74) is 7.16. The van der Waals surface area contributed by atoms with Gasteiger partial charge in [0.05, 0.1) is 5.92 Å². The number of rotatable bonds is 4. The highest BCUT2D eigenvalue weighted by Gasteiger charge is 2.32. The standard InChI is InChI=1S/C16H26N4O/c1-16(2)12-20(10-9-19(16)3)11-14(15(17)18-21)13-7-5-4-6-8-13/h4-8,14,21H,9-12H2,1-3H3,(H2,17,18). The summed E-state index contributed by atoms with van der Waals surface area (Å²) in [6.45, 7) is 8.29. The van der Waals surface area contributed by atoms with E-state index in [1.807, 2.05) is 30.3 Å². The first-order valence-corrected chi connectivity index (χ1v) is 7.40. The molecule has 0 aromatic heterocycles. The molecular weight excluding hydrogens is 264 g/mol. The van der Waals surface area contributed by atoms with Crippen LogP contribution in [-0.4, -0.2) is 59.6 Å². The van der Waals surface area contributed by atoms with Crippen LogP contribution in [-0.2, 0) is 0 Å². The lowest BCUT2D eigenvalue weighted by atomic mass is 9.94. The third kappa shape index (κ3) is 3.74. The zero-order valence-corrected chi connectivity index (χ0v) is 13.2.